The van der Waals surface area contributed by atoms with Crippen LogP contribution in [0.15, 0.2) is 60.7 Å². The van der Waals surface area contributed by atoms with Crippen molar-refractivity contribution in [3.63, 3.8) is 0 Å². The molecule has 1 aliphatic heterocycles. The summed E-state index contributed by atoms with van der Waals surface area (Å²) in [4.78, 5) is 11.6. The summed E-state index contributed by atoms with van der Waals surface area (Å²) in [6.45, 7) is 6.35. The van der Waals surface area contributed by atoms with Crippen LogP contribution in [0, 0.1) is 12.8 Å². The van der Waals surface area contributed by atoms with Crippen molar-refractivity contribution in [2.75, 3.05) is 23.3 Å². The molecule has 5 nitrogen and oxygen atoms in total. The summed E-state index contributed by atoms with van der Waals surface area (Å²) in [7, 11) is 0. The maximum atomic E-state index is 6.05. The van der Waals surface area contributed by atoms with Crippen molar-refractivity contribution in [2.24, 2.45) is 5.92 Å². The molecule has 0 aliphatic carbocycles. The topological polar surface area (TPSA) is 50.3 Å². The molecule has 0 spiro atoms. The van der Waals surface area contributed by atoms with Gasteiger partial charge in [-0.2, -0.15) is 0 Å². The lowest BCUT2D eigenvalue weighted by Crippen LogP contribution is -2.33. The minimum absolute atomic E-state index is 0.762. The predicted octanol–water partition coefficient (Wildman–Crippen LogP) is 5.56. The van der Waals surface area contributed by atoms with E-state index in [0.717, 1.165) is 53.7 Å². The van der Waals surface area contributed by atoms with Crippen LogP contribution < -0.4 is 15.0 Å². The second-order valence-electron chi connectivity index (χ2n) is 7.36. The van der Waals surface area contributed by atoms with Gasteiger partial charge in [0.2, 0.25) is 0 Å². The Kier molecular flexibility index (Phi) is 5.42. The molecule has 2 aromatic carbocycles. The Hall–Kier alpha value is -3.08. The van der Waals surface area contributed by atoms with Crippen LogP contribution in [0.3, 0.4) is 0 Å². The average Bonchev–Trinajstić information content (AvgIpc) is 2.70. The maximum absolute atomic E-state index is 6.05. The third-order valence-corrected chi connectivity index (χ3v) is 5.05. The second-order valence-corrected chi connectivity index (χ2v) is 7.36. The highest BCUT2D eigenvalue weighted by Gasteiger charge is 2.18. The molecule has 1 N–H and O–H groups in total. The quantitative estimate of drug-likeness (QED) is 0.634. The van der Waals surface area contributed by atoms with E-state index in [4.69, 9.17) is 4.74 Å². The van der Waals surface area contributed by atoms with Gasteiger partial charge in [-0.25, -0.2) is 9.97 Å². The number of nitrogens with one attached hydrogen (secondary N) is 1. The van der Waals surface area contributed by atoms with Gasteiger partial charge in [-0.1, -0.05) is 37.3 Å². The number of nitrogens with zero attached hydrogens (tertiary/aromatic N) is 3. The number of aromatic nitrogens is 2. The first-order valence-corrected chi connectivity index (χ1v) is 9.87. The minimum atomic E-state index is 0.762. The lowest BCUT2D eigenvalue weighted by atomic mass is 9.99. The first kappa shape index (κ1) is 18.3. The molecule has 1 saturated heterocycles. The summed E-state index contributed by atoms with van der Waals surface area (Å²) in [6, 6.07) is 19.7. The molecule has 1 aromatic heterocycles. The van der Waals surface area contributed by atoms with Gasteiger partial charge in [-0.05, 0) is 49.9 Å². The van der Waals surface area contributed by atoms with Crippen LogP contribution in [0.2, 0.25) is 0 Å². The molecule has 0 saturated carbocycles. The zero-order valence-electron chi connectivity index (χ0n) is 16.4. The van der Waals surface area contributed by atoms with Gasteiger partial charge in [0.05, 0.1) is 5.69 Å². The molecule has 0 unspecified atom stereocenters. The number of ether oxygens (including phenoxy) is 1. The number of anilines is 3. The smallest absolute Gasteiger partial charge is 0.150 e. The first-order chi connectivity index (χ1) is 13.7. The third kappa shape index (κ3) is 4.42. The van der Waals surface area contributed by atoms with Crippen LogP contribution in [-0.4, -0.2) is 23.1 Å². The van der Waals surface area contributed by atoms with E-state index in [0.29, 0.717) is 0 Å². The molecule has 0 atom stereocenters. The molecule has 1 fully saturated rings. The molecular formula is C23H26N4O. The van der Waals surface area contributed by atoms with Crippen LogP contribution in [0.25, 0.3) is 0 Å². The number of hydrogen-bond acceptors (Lipinski definition) is 5. The second kappa shape index (κ2) is 8.30. The van der Waals surface area contributed by atoms with Gasteiger partial charge in [0, 0.05) is 19.2 Å². The van der Waals surface area contributed by atoms with E-state index in [1.54, 1.807) is 0 Å². The Morgan fingerprint density at radius 2 is 1.68 bits per heavy atom. The Morgan fingerprint density at radius 1 is 0.964 bits per heavy atom. The number of rotatable bonds is 5. The highest BCUT2D eigenvalue weighted by Crippen LogP contribution is 2.32. The number of para-hydroxylation sites is 3. The van der Waals surface area contributed by atoms with Gasteiger partial charge in [-0.3, -0.25) is 0 Å². The molecule has 3 aromatic rings. The Balaban J connectivity index is 1.56. The van der Waals surface area contributed by atoms with Crippen molar-refractivity contribution in [1.29, 1.82) is 0 Å². The Labute approximate surface area is 166 Å². The summed E-state index contributed by atoms with van der Waals surface area (Å²) < 4.78 is 6.05. The minimum Gasteiger partial charge on any atom is -0.455 e. The van der Waals surface area contributed by atoms with Crippen LogP contribution in [-0.2, 0) is 0 Å². The fourth-order valence-corrected chi connectivity index (χ4v) is 3.43. The van der Waals surface area contributed by atoms with Gasteiger partial charge in [0.25, 0.3) is 0 Å². The zero-order valence-corrected chi connectivity index (χ0v) is 16.4. The molecule has 2 heterocycles. The molecule has 0 radical (unpaired) electrons. The van der Waals surface area contributed by atoms with E-state index in [1.165, 1.54) is 12.8 Å². The van der Waals surface area contributed by atoms with Crippen LogP contribution in [0.5, 0.6) is 11.5 Å². The van der Waals surface area contributed by atoms with Crippen molar-refractivity contribution in [1.82, 2.24) is 9.97 Å². The normalized spacial score (nSPS) is 14.7. The largest absolute Gasteiger partial charge is 0.455 e. The molecule has 5 heteroatoms. The summed E-state index contributed by atoms with van der Waals surface area (Å²) in [5.41, 5.74) is 0.877. The van der Waals surface area contributed by atoms with Crippen LogP contribution >= 0.6 is 0 Å². The summed E-state index contributed by atoms with van der Waals surface area (Å²) in [5.74, 6) is 4.89. The number of piperidine rings is 1. The highest BCUT2D eigenvalue weighted by atomic mass is 16.5. The average molecular weight is 374 g/mol. The first-order valence-electron chi connectivity index (χ1n) is 9.87. The van der Waals surface area contributed by atoms with Crippen molar-refractivity contribution < 1.29 is 4.74 Å². The van der Waals surface area contributed by atoms with Gasteiger partial charge in [-0.15, -0.1) is 0 Å². The molecule has 0 amide bonds. The lowest BCUT2D eigenvalue weighted by Gasteiger charge is -2.31. The monoisotopic (exact) mass is 374 g/mol. The number of aryl methyl sites for hydroxylation is 1. The maximum Gasteiger partial charge on any atom is 0.150 e. The van der Waals surface area contributed by atoms with Crippen molar-refractivity contribution in [2.45, 2.75) is 26.7 Å². The predicted molar refractivity (Wildman–Crippen MR) is 114 cm³/mol. The summed E-state index contributed by atoms with van der Waals surface area (Å²) in [6.07, 6.45) is 2.42. The molecule has 28 heavy (non-hydrogen) atoms. The van der Waals surface area contributed by atoms with Crippen molar-refractivity contribution >= 4 is 17.3 Å². The summed E-state index contributed by atoms with van der Waals surface area (Å²) >= 11 is 0. The standard InChI is InChI=1S/C23H26N4O/c1-17-12-14-27(15-13-17)23-16-22(24-18(2)25-23)26-20-10-6-7-11-21(20)28-19-8-4-3-5-9-19/h3-11,16-17H,12-15H2,1-2H3,(H,24,25,26). The molecule has 4 rings (SSSR count). The fraction of sp³-hybridized carbons (Fsp3) is 0.304. The van der Waals surface area contributed by atoms with Crippen LogP contribution in [0.4, 0.5) is 17.3 Å². The van der Waals surface area contributed by atoms with Crippen molar-refractivity contribution in [3.05, 3.63) is 66.5 Å². The van der Waals surface area contributed by atoms with Gasteiger partial charge < -0.3 is 15.0 Å². The SMILES string of the molecule is Cc1nc(Nc2ccccc2Oc2ccccc2)cc(N2CCC(C)CC2)n1. The Bertz CT molecular complexity index is 921. The Morgan fingerprint density at radius 3 is 2.46 bits per heavy atom. The van der Waals surface area contributed by atoms with E-state index in [1.807, 2.05) is 67.6 Å². The van der Waals surface area contributed by atoms with Gasteiger partial charge in [0.1, 0.15) is 23.2 Å². The molecular weight excluding hydrogens is 348 g/mol. The van der Waals surface area contributed by atoms with E-state index < -0.39 is 0 Å². The van der Waals surface area contributed by atoms with Crippen molar-refractivity contribution in [3.8, 4) is 11.5 Å². The molecule has 1 aliphatic rings. The molecule has 144 valence electrons. The number of benzene rings is 2. The third-order valence-electron chi connectivity index (χ3n) is 5.05. The van der Waals surface area contributed by atoms with Gasteiger partial charge in [0.15, 0.2) is 5.75 Å². The summed E-state index contributed by atoms with van der Waals surface area (Å²) in [5, 5.41) is 3.42. The highest BCUT2D eigenvalue weighted by molar-refractivity contribution is 5.66. The van der Waals surface area contributed by atoms with E-state index in [-0.39, 0.29) is 0 Å². The lowest BCUT2D eigenvalue weighted by molar-refractivity contribution is 0.436. The fourth-order valence-electron chi connectivity index (χ4n) is 3.43. The van der Waals surface area contributed by atoms with E-state index in [9.17, 15) is 0 Å². The van der Waals surface area contributed by atoms with E-state index in [2.05, 4.69) is 27.1 Å². The van der Waals surface area contributed by atoms with Crippen LogP contribution in [0.1, 0.15) is 25.6 Å². The molecule has 0 bridgehead atoms. The zero-order chi connectivity index (χ0) is 19.3. The number of hydrogen-bond donors (Lipinski definition) is 1. The van der Waals surface area contributed by atoms with Gasteiger partial charge >= 0.3 is 0 Å². The van der Waals surface area contributed by atoms with E-state index >= 15 is 0 Å².